The number of carbonyl (C=O) groups is 1. The average molecular weight is 488 g/mol. The summed E-state index contributed by atoms with van der Waals surface area (Å²) in [5.74, 6) is -0.635. The Kier molecular flexibility index (Phi) is 5.57. The van der Waals surface area contributed by atoms with Crippen molar-refractivity contribution in [3.63, 3.8) is 0 Å². The number of nitrogens with one attached hydrogen (secondary N) is 1. The monoisotopic (exact) mass is 487 g/mol. The van der Waals surface area contributed by atoms with Gasteiger partial charge in [-0.15, -0.1) is 0 Å². The Morgan fingerprint density at radius 2 is 1.94 bits per heavy atom. The first-order chi connectivity index (χ1) is 16.7. The van der Waals surface area contributed by atoms with Gasteiger partial charge in [0.05, 0.1) is 22.0 Å². The van der Waals surface area contributed by atoms with Gasteiger partial charge in [0.15, 0.2) is 5.43 Å². The topological polar surface area (TPSA) is 97.4 Å². The zero-order valence-corrected chi connectivity index (χ0v) is 20.1. The van der Waals surface area contributed by atoms with Crippen LogP contribution in [0.25, 0.3) is 33.2 Å². The van der Waals surface area contributed by atoms with E-state index in [9.17, 15) is 14.7 Å². The van der Waals surface area contributed by atoms with Gasteiger partial charge in [0.2, 0.25) is 0 Å². The lowest BCUT2D eigenvalue weighted by Crippen LogP contribution is -2.12. The first-order valence-electron chi connectivity index (χ1n) is 11.0. The maximum atomic E-state index is 13.1. The molecule has 0 aliphatic rings. The van der Waals surface area contributed by atoms with E-state index in [0.29, 0.717) is 38.5 Å². The number of anilines is 1. The molecular formula is C27H22ClN3O4. The molecular weight excluding hydrogens is 466 g/mol. The van der Waals surface area contributed by atoms with Gasteiger partial charge in [-0.3, -0.25) is 9.48 Å². The van der Waals surface area contributed by atoms with Crippen molar-refractivity contribution in [1.29, 1.82) is 0 Å². The van der Waals surface area contributed by atoms with Gasteiger partial charge in [-0.05, 0) is 49.7 Å². The van der Waals surface area contributed by atoms with Crippen LogP contribution >= 0.6 is 11.6 Å². The van der Waals surface area contributed by atoms with Crippen LogP contribution < -0.4 is 10.7 Å². The molecule has 0 bridgehead atoms. The van der Waals surface area contributed by atoms with Crippen molar-refractivity contribution < 1.29 is 14.3 Å². The minimum atomic E-state index is -1.02. The Labute approximate surface area is 205 Å². The first kappa shape index (κ1) is 22.7. The summed E-state index contributed by atoms with van der Waals surface area (Å²) < 4.78 is 8.00. The number of halogens is 1. The Morgan fingerprint density at radius 1 is 1.17 bits per heavy atom. The van der Waals surface area contributed by atoms with Gasteiger partial charge >= 0.3 is 5.97 Å². The zero-order chi connectivity index (χ0) is 24.9. The molecule has 5 aromatic rings. The van der Waals surface area contributed by atoms with Crippen molar-refractivity contribution >= 4 is 45.1 Å². The summed E-state index contributed by atoms with van der Waals surface area (Å²) in [6.07, 6.45) is 1.85. The lowest BCUT2D eigenvalue weighted by atomic mass is 10.00. The second-order valence-electron chi connectivity index (χ2n) is 8.62. The number of para-hydroxylation sites is 1. The van der Waals surface area contributed by atoms with Crippen LogP contribution in [0, 0.1) is 6.92 Å². The molecule has 0 saturated heterocycles. The molecule has 0 aliphatic carbocycles. The van der Waals surface area contributed by atoms with Crippen LogP contribution in [0.1, 0.15) is 34.5 Å². The molecule has 8 heteroatoms. The SMILES string of the molecule is Cc1cc(C(C)Nc2ccccc2C(=O)O)c2oc(-c3cc(Cl)c4nn(C)cc4c3)cc(=O)c2c1. The normalized spacial score (nSPS) is 12.2. The fourth-order valence-electron chi connectivity index (χ4n) is 4.36. The molecule has 5 rings (SSSR count). The highest BCUT2D eigenvalue weighted by atomic mass is 35.5. The summed E-state index contributed by atoms with van der Waals surface area (Å²) in [6.45, 7) is 3.81. The molecule has 0 saturated carbocycles. The Morgan fingerprint density at radius 3 is 2.71 bits per heavy atom. The minimum Gasteiger partial charge on any atom is -0.478 e. The Bertz CT molecular complexity index is 1690. The van der Waals surface area contributed by atoms with Crippen molar-refractivity contribution in [2.45, 2.75) is 19.9 Å². The predicted octanol–water partition coefficient (Wildman–Crippen LogP) is 6.18. The van der Waals surface area contributed by atoms with E-state index < -0.39 is 5.97 Å². The largest absolute Gasteiger partial charge is 0.478 e. The third-order valence-corrected chi connectivity index (χ3v) is 6.25. The number of carboxylic acids is 1. The summed E-state index contributed by atoms with van der Waals surface area (Å²) in [7, 11) is 1.82. The molecule has 0 spiro atoms. The van der Waals surface area contributed by atoms with Gasteiger partial charge in [0.25, 0.3) is 0 Å². The van der Waals surface area contributed by atoms with Crippen LogP contribution in [0.3, 0.4) is 0 Å². The highest BCUT2D eigenvalue weighted by Gasteiger charge is 2.19. The Hall–Kier alpha value is -4.10. The van der Waals surface area contributed by atoms with Crippen molar-refractivity contribution in [3.8, 4) is 11.3 Å². The Balaban J connectivity index is 1.66. The number of aryl methyl sites for hydroxylation is 2. The molecule has 0 aliphatic heterocycles. The molecule has 0 amide bonds. The van der Waals surface area contributed by atoms with Crippen molar-refractivity contribution in [2.75, 3.05) is 5.32 Å². The summed E-state index contributed by atoms with van der Waals surface area (Å²) in [5.41, 5.74) is 3.89. The standard InChI is InChI=1S/C27H22ClN3O4/c1-14-8-19(15(2)29-22-7-5-4-6-18(22)27(33)34)26-20(9-14)23(32)12-24(35-26)16-10-17-13-31(3)30-25(17)21(28)11-16/h4-13,15,29H,1-3H3,(H,33,34). The number of rotatable bonds is 5. The second kappa shape index (κ2) is 8.60. The molecule has 0 fully saturated rings. The molecule has 3 aromatic carbocycles. The molecule has 35 heavy (non-hydrogen) atoms. The van der Waals surface area contributed by atoms with Gasteiger partial charge in [-0.2, -0.15) is 5.10 Å². The van der Waals surface area contributed by atoms with Crippen molar-refractivity contribution in [1.82, 2.24) is 9.78 Å². The van der Waals surface area contributed by atoms with Crippen LogP contribution in [0.15, 0.2) is 70.0 Å². The van der Waals surface area contributed by atoms with Crippen LogP contribution in [0.5, 0.6) is 0 Å². The van der Waals surface area contributed by atoms with E-state index in [1.165, 1.54) is 6.07 Å². The van der Waals surface area contributed by atoms with E-state index in [2.05, 4.69) is 10.4 Å². The van der Waals surface area contributed by atoms with Gasteiger partial charge in [-0.1, -0.05) is 29.8 Å². The second-order valence-corrected chi connectivity index (χ2v) is 9.03. The van der Waals surface area contributed by atoms with Gasteiger partial charge < -0.3 is 14.8 Å². The first-order valence-corrected chi connectivity index (χ1v) is 11.4. The number of aromatic nitrogens is 2. The van der Waals surface area contributed by atoms with E-state index in [1.54, 1.807) is 41.1 Å². The van der Waals surface area contributed by atoms with Crippen LogP contribution in [0.2, 0.25) is 5.02 Å². The zero-order valence-electron chi connectivity index (χ0n) is 19.3. The third kappa shape index (κ3) is 4.15. The van der Waals surface area contributed by atoms with Gasteiger partial charge in [0, 0.05) is 41.5 Å². The smallest absolute Gasteiger partial charge is 0.337 e. The maximum Gasteiger partial charge on any atom is 0.337 e. The van der Waals surface area contributed by atoms with Gasteiger partial charge in [-0.25, -0.2) is 4.79 Å². The summed E-state index contributed by atoms with van der Waals surface area (Å²) in [6, 6.07) is 15.2. The van der Waals surface area contributed by atoms with E-state index in [0.717, 1.165) is 16.5 Å². The highest BCUT2D eigenvalue weighted by Crippen LogP contribution is 2.34. The molecule has 1 unspecified atom stereocenters. The van der Waals surface area contributed by atoms with Gasteiger partial charge in [0.1, 0.15) is 16.9 Å². The quantitative estimate of drug-likeness (QED) is 0.307. The van der Waals surface area contributed by atoms with E-state index in [-0.39, 0.29) is 17.0 Å². The number of hydrogen-bond donors (Lipinski definition) is 2. The molecule has 1 atom stereocenters. The number of nitrogens with zero attached hydrogens (tertiary/aromatic N) is 2. The average Bonchev–Trinajstić information content (AvgIpc) is 3.20. The fourth-order valence-corrected chi connectivity index (χ4v) is 4.62. The number of carboxylic acid groups (broad SMARTS) is 1. The lowest BCUT2D eigenvalue weighted by molar-refractivity contribution is 0.0698. The minimum absolute atomic E-state index is 0.165. The van der Waals surface area contributed by atoms with Crippen LogP contribution in [-0.2, 0) is 7.05 Å². The number of hydrogen-bond acceptors (Lipinski definition) is 5. The number of fused-ring (bicyclic) bond motifs is 2. The van der Waals surface area contributed by atoms with E-state index in [1.807, 2.05) is 39.2 Å². The van der Waals surface area contributed by atoms with E-state index in [4.69, 9.17) is 16.0 Å². The summed E-state index contributed by atoms with van der Waals surface area (Å²) >= 11 is 6.46. The molecule has 176 valence electrons. The molecule has 0 radical (unpaired) electrons. The lowest BCUT2D eigenvalue weighted by Gasteiger charge is -2.19. The molecule has 2 heterocycles. The molecule has 7 nitrogen and oxygen atoms in total. The van der Waals surface area contributed by atoms with Crippen LogP contribution in [-0.4, -0.2) is 20.9 Å². The van der Waals surface area contributed by atoms with E-state index >= 15 is 0 Å². The number of benzene rings is 3. The summed E-state index contributed by atoms with van der Waals surface area (Å²) in [5, 5.41) is 18.9. The molecule has 2 N–H and O–H groups in total. The predicted molar refractivity (Wildman–Crippen MR) is 137 cm³/mol. The van der Waals surface area contributed by atoms with Crippen molar-refractivity contribution in [2.24, 2.45) is 7.05 Å². The fraction of sp³-hybridized carbons (Fsp3) is 0.148. The van der Waals surface area contributed by atoms with Crippen molar-refractivity contribution in [3.05, 3.63) is 92.7 Å². The number of aromatic carboxylic acids is 1. The third-order valence-electron chi connectivity index (χ3n) is 5.96. The highest BCUT2D eigenvalue weighted by molar-refractivity contribution is 6.35. The van der Waals surface area contributed by atoms with Crippen LogP contribution in [0.4, 0.5) is 5.69 Å². The maximum absolute atomic E-state index is 13.1. The summed E-state index contributed by atoms with van der Waals surface area (Å²) in [4.78, 5) is 24.8. The molecule has 2 aromatic heterocycles.